The molecule has 1 heterocycles. The number of hydrogen-bond donors (Lipinski definition) is 0. The zero-order chi connectivity index (χ0) is 9.62. The summed E-state index contributed by atoms with van der Waals surface area (Å²) in [5, 5.41) is 0. The second kappa shape index (κ2) is 2.45. The van der Waals surface area contributed by atoms with Crippen molar-refractivity contribution in [3.63, 3.8) is 0 Å². The topological polar surface area (TPSA) is 43.4 Å². The Morgan fingerprint density at radius 1 is 1.33 bits per heavy atom. The molecular formula is C8H16O3S. The minimum absolute atomic E-state index is 0.524. The molecule has 72 valence electrons. The first-order chi connectivity index (χ1) is 5.22. The third kappa shape index (κ3) is 1.38. The van der Waals surface area contributed by atoms with Crippen molar-refractivity contribution >= 4 is 10.1 Å². The molecule has 1 fully saturated rings. The molecule has 12 heavy (non-hydrogen) atoms. The largest absolute Gasteiger partial charge is 0.273 e. The summed E-state index contributed by atoms with van der Waals surface area (Å²) in [5.41, 5.74) is -0.524. The lowest BCUT2D eigenvalue weighted by Gasteiger charge is -2.18. The molecule has 0 radical (unpaired) electrons. The third-order valence-electron chi connectivity index (χ3n) is 2.49. The van der Waals surface area contributed by atoms with E-state index in [1.54, 1.807) is 6.92 Å². The summed E-state index contributed by atoms with van der Waals surface area (Å²) in [6.45, 7) is 7.25. The molecule has 0 N–H and O–H groups in total. The Kier molecular flexibility index (Phi) is 2.04. The van der Waals surface area contributed by atoms with Crippen LogP contribution in [0, 0.1) is 0 Å². The second-order valence-corrected chi connectivity index (χ2v) is 6.34. The van der Waals surface area contributed by atoms with Crippen LogP contribution in [0.4, 0.5) is 0 Å². The van der Waals surface area contributed by atoms with Crippen LogP contribution in [0.25, 0.3) is 0 Å². The van der Waals surface area contributed by atoms with Crippen LogP contribution in [0.1, 0.15) is 40.5 Å². The van der Waals surface area contributed by atoms with Gasteiger partial charge in [0, 0.05) is 0 Å². The van der Waals surface area contributed by atoms with E-state index in [0.29, 0.717) is 12.8 Å². The molecule has 4 heteroatoms. The molecule has 1 atom stereocenters. The van der Waals surface area contributed by atoms with Gasteiger partial charge in [0.05, 0.1) is 10.3 Å². The van der Waals surface area contributed by atoms with E-state index in [1.807, 2.05) is 20.8 Å². The fourth-order valence-electron chi connectivity index (χ4n) is 1.72. The summed E-state index contributed by atoms with van der Waals surface area (Å²) >= 11 is 0. The molecule has 1 aliphatic rings. The Bertz CT molecular complexity index is 279. The van der Waals surface area contributed by atoms with Gasteiger partial charge in [-0.3, -0.25) is 4.18 Å². The highest BCUT2D eigenvalue weighted by atomic mass is 32.2. The van der Waals surface area contributed by atoms with Crippen LogP contribution in [0.15, 0.2) is 0 Å². The van der Waals surface area contributed by atoms with Crippen LogP contribution >= 0.6 is 0 Å². The lowest BCUT2D eigenvalue weighted by atomic mass is 9.93. The molecule has 0 aromatic carbocycles. The van der Waals surface area contributed by atoms with E-state index in [1.165, 1.54) is 0 Å². The molecule has 0 amide bonds. The first-order valence-electron chi connectivity index (χ1n) is 4.18. The number of hydrogen-bond acceptors (Lipinski definition) is 3. The van der Waals surface area contributed by atoms with Crippen molar-refractivity contribution in [2.45, 2.75) is 50.9 Å². The normalized spacial score (nSPS) is 38.3. The van der Waals surface area contributed by atoms with Crippen molar-refractivity contribution in [2.24, 2.45) is 0 Å². The Labute approximate surface area is 74.2 Å². The summed E-state index contributed by atoms with van der Waals surface area (Å²) in [7, 11) is -3.34. The lowest BCUT2D eigenvalue weighted by Crippen LogP contribution is -2.29. The summed E-state index contributed by atoms with van der Waals surface area (Å²) in [6, 6.07) is 0. The minimum Gasteiger partial charge on any atom is -0.264 e. The smallest absolute Gasteiger partial charge is 0.264 e. The van der Waals surface area contributed by atoms with E-state index in [9.17, 15) is 8.42 Å². The highest BCUT2D eigenvalue weighted by Crippen LogP contribution is 2.42. The molecule has 0 aromatic rings. The maximum Gasteiger partial charge on any atom is 0.273 e. The molecule has 0 aromatic heterocycles. The zero-order valence-electron chi connectivity index (χ0n) is 8.05. The Morgan fingerprint density at radius 2 is 1.83 bits per heavy atom. The lowest BCUT2D eigenvalue weighted by molar-refractivity contribution is 0.137. The third-order valence-corrected chi connectivity index (χ3v) is 4.80. The van der Waals surface area contributed by atoms with Gasteiger partial charge in [-0.15, -0.1) is 0 Å². The average molecular weight is 192 g/mol. The van der Waals surface area contributed by atoms with Crippen molar-refractivity contribution in [3.8, 4) is 0 Å². The summed E-state index contributed by atoms with van der Waals surface area (Å²) in [6.07, 6.45) is 1.19. The van der Waals surface area contributed by atoms with Crippen molar-refractivity contribution < 1.29 is 12.6 Å². The predicted molar refractivity (Wildman–Crippen MR) is 47.4 cm³/mol. The summed E-state index contributed by atoms with van der Waals surface area (Å²) in [5.74, 6) is 0. The average Bonchev–Trinajstić information content (AvgIpc) is 1.98. The van der Waals surface area contributed by atoms with Gasteiger partial charge in [-0.05, 0) is 33.6 Å². The van der Waals surface area contributed by atoms with Crippen LogP contribution in [0.2, 0.25) is 0 Å². The maximum absolute atomic E-state index is 11.5. The Balaban J connectivity index is 3.09. The van der Waals surface area contributed by atoms with E-state index in [-0.39, 0.29) is 0 Å². The van der Waals surface area contributed by atoms with E-state index in [4.69, 9.17) is 4.18 Å². The van der Waals surface area contributed by atoms with Gasteiger partial charge in [0.15, 0.2) is 0 Å². The number of rotatable bonds is 1. The monoisotopic (exact) mass is 192 g/mol. The first-order valence-corrected chi connectivity index (χ1v) is 5.58. The van der Waals surface area contributed by atoms with Gasteiger partial charge < -0.3 is 0 Å². The van der Waals surface area contributed by atoms with Crippen LogP contribution < -0.4 is 0 Å². The Morgan fingerprint density at radius 3 is 2.00 bits per heavy atom. The summed E-state index contributed by atoms with van der Waals surface area (Å²) < 4.78 is 27.3. The molecule has 1 aliphatic heterocycles. The van der Waals surface area contributed by atoms with Crippen LogP contribution in [0.5, 0.6) is 0 Å². The fourth-order valence-corrected chi connectivity index (χ4v) is 3.45. The molecular weight excluding hydrogens is 176 g/mol. The molecule has 1 saturated heterocycles. The quantitative estimate of drug-likeness (QED) is 0.594. The molecule has 0 saturated carbocycles. The zero-order valence-corrected chi connectivity index (χ0v) is 8.86. The highest BCUT2D eigenvalue weighted by Gasteiger charge is 2.52. The molecule has 0 bridgehead atoms. The van der Waals surface area contributed by atoms with Crippen molar-refractivity contribution in [1.29, 1.82) is 0 Å². The standard InChI is InChI=1S/C8H16O3S/c1-5-8(4)6-7(2,3)11-12(8,9)10/h5-6H2,1-4H3. The molecule has 1 unspecified atom stereocenters. The SMILES string of the molecule is CCC1(C)CC(C)(C)OS1(=O)=O. The molecule has 0 spiro atoms. The van der Waals surface area contributed by atoms with E-state index < -0.39 is 20.5 Å². The van der Waals surface area contributed by atoms with Gasteiger partial charge in [0.25, 0.3) is 10.1 Å². The van der Waals surface area contributed by atoms with E-state index >= 15 is 0 Å². The van der Waals surface area contributed by atoms with Crippen molar-refractivity contribution in [3.05, 3.63) is 0 Å². The first kappa shape index (κ1) is 9.99. The van der Waals surface area contributed by atoms with Gasteiger partial charge in [0.1, 0.15) is 0 Å². The van der Waals surface area contributed by atoms with E-state index in [0.717, 1.165) is 0 Å². The van der Waals surface area contributed by atoms with E-state index in [2.05, 4.69) is 0 Å². The highest BCUT2D eigenvalue weighted by molar-refractivity contribution is 7.88. The maximum atomic E-state index is 11.5. The van der Waals surface area contributed by atoms with Crippen LogP contribution in [-0.2, 0) is 14.3 Å². The van der Waals surface area contributed by atoms with Gasteiger partial charge in [-0.25, -0.2) is 0 Å². The van der Waals surface area contributed by atoms with Gasteiger partial charge in [-0.1, -0.05) is 6.92 Å². The van der Waals surface area contributed by atoms with Crippen molar-refractivity contribution in [2.75, 3.05) is 0 Å². The second-order valence-electron chi connectivity index (χ2n) is 4.28. The summed E-state index contributed by atoms with van der Waals surface area (Å²) in [4.78, 5) is 0. The van der Waals surface area contributed by atoms with Gasteiger partial charge in [0.2, 0.25) is 0 Å². The van der Waals surface area contributed by atoms with Gasteiger partial charge >= 0.3 is 0 Å². The Hall–Kier alpha value is -0.0900. The molecule has 1 rings (SSSR count). The van der Waals surface area contributed by atoms with Crippen molar-refractivity contribution in [1.82, 2.24) is 0 Å². The molecule has 0 aliphatic carbocycles. The minimum atomic E-state index is -3.34. The van der Waals surface area contributed by atoms with Gasteiger partial charge in [-0.2, -0.15) is 8.42 Å². The predicted octanol–water partition coefficient (Wildman–Crippen LogP) is 1.68. The fraction of sp³-hybridized carbons (Fsp3) is 1.00. The van der Waals surface area contributed by atoms with Crippen LogP contribution in [-0.4, -0.2) is 18.8 Å². The van der Waals surface area contributed by atoms with Crippen LogP contribution in [0.3, 0.4) is 0 Å². The molecule has 3 nitrogen and oxygen atoms in total.